The first-order chi connectivity index (χ1) is 14.6. The Hall–Kier alpha value is -3.26. The number of pyridine rings is 1. The zero-order valence-electron chi connectivity index (χ0n) is 17.8. The number of aryl methyl sites for hydroxylation is 1. The molecular formula is C23H24FN4O2S+. The first-order valence-electron chi connectivity index (χ1n) is 9.83. The maximum atomic E-state index is 14.6. The number of hydrogen-bond acceptors (Lipinski definition) is 3. The molecule has 0 aliphatic rings. The number of anilines is 1. The third-order valence-corrected chi connectivity index (χ3v) is 6.09. The second-order valence-electron chi connectivity index (χ2n) is 8.41. The molecule has 4 aromatic rings. The van der Waals surface area contributed by atoms with Gasteiger partial charge in [0, 0.05) is 22.9 Å². The summed E-state index contributed by atoms with van der Waals surface area (Å²) in [6.07, 6.45) is 1.55. The predicted molar refractivity (Wildman–Crippen MR) is 118 cm³/mol. The smallest absolute Gasteiger partial charge is 0.266 e. The van der Waals surface area contributed by atoms with Crippen LogP contribution in [0.1, 0.15) is 32.0 Å². The summed E-state index contributed by atoms with van der Waals surface area (Å²) in [5.41, 5.74) is 2.27. The van der Waals surface area contributed by atoms with Crippen molar-refractivity contribution in [3.05, 3.63) is 77.9 Å². The Labute approximate surface area is 182 Å². The van der Waals surface area contributed by atoms with E-state index in [-0.39, 0.29) is 11.2 Å². The molecule has 2 aromatic heterocycles. The molecule has 160 valence electrons. The van der Waals surface area contributed by atoms with Crippen LogP contribution >= 0.6 is 0 Å². The summed E-state index contributed by atoms with van der Waals surface area (Å²) in [4.78, 5) is 0.335. The first kappa shape index (κ1) is 21.0. The number of aromatic nitrogens is 3. The van der Waals surface area contributed by atoms with Crippen molar-refractivity contribution in [3.8, 4) is 5.69 Å². The van der Waals surface area contributed by atoms with Gasteiger partial charge in [-0.25, -0.2) is 13.3 Å². The Balaban J connectivity index is 1.72. The number of benzene rings is 2. The van der Waals surface area contributed by atoms with Crippen LogP contribution in [0, 0.1) is 12.7 Å². The summed E-state index contributed by atoms with van der Waals surface area (Å²) in [7, 11) is -1.69. The molecule has 0 fully saturated rings. The molecule has 1 atom stereocenters. The molecule has 2 heterocycles. The van der Waals surface area contributed by atoms with Crippen molar-refractivity contribution in [1.82, 2.24) is 9.78 Å². The van der Waals surface area contributed by atoms with Crippen molar-refractivity contribution < 1.29 is 18.5 Å². The van der Waals surface area contributed by atoms with Gasteiger partial charge in [0.15, 0.2) is 11.0 Å². The normalized spacial score (nSPS) is 12.8. The molecule has 0 spiro atoms. The van der Waals surface area contributed by atoms with Gasteiger partial charge in [0.25, 0.3) is 5.52 Å². The number of fused-ring (bicyclic) bond motifs is 1. The summed E-state index contributed by atoms with van der Waals surface area (Å²) < 4.78 is 33.2. The average molecular weight is 440 g/mol. The molecule has 0 bridgehead atoms. The third-order valence-electron chi connectivity index (χ3n) is 5.02. The van der Waals surface area contributed by atoms with Crippen LogP contribution in [0.15, 0.2) is 65.7 Å². The van der Waals surface area contributed by atoms with E-state index < -0.39 is 11.0 Å². The molecule has 1 unspecified atom stereocenters. The van der Waals surface area contributed by atoms with E-state index in [0.717, 1.165) is 15.8 Å². The van der Waals surface area contributed by atoms with Crippen molar-refractivity contribution in [2.24, 2.45) is 0 Å². The topological polar surface area (TPSA) is 71.0 Å². The lowest BCUT2D eigenvalue weighted by molar-refractivity contribution is -0.884. The van der Waals surface area contributed by atoms with Gasteiger partial charge in [0.1, 0.15) is 11.6 Å². The molecule has 0 amide bonds. The molecule has 0 saturated heterocycles. The molecular weight excluding hydrogens is 415 g/mol. The van der Waals surface area contributed by atoms with Crippen molar-refractivity contribution in [2.45, 2.75) is 38.0 Å². The number of halogens is 1. The van der Waals surface area contributed by atoms with Gasteiger partial charge in [-0.3, -0.25) is 9.93 Å². The van der Waals surface area contributed by atoms with E-state index in [4.69, 9.17) is 0 Å². The fourth-order valence-corrected chi connectivity index (χ4v) is 4.38. The average Bonchev–Trinajstić information content (AvgIpc) is 3.06. The zero-order valence-corrected chi connectivity index (χ0v) is 18.6. The van der Waals surface area contributed by atoms with Crippen LogP contribution in [0.2, 0.25) is 0 Å². The van der Waals surface area contributed by atoms with Gasteiger partial charge in [-0.15, -0.1) is 0 Å². The van der Waals surface area contributed by atoms with Gasteiger partial charge in [-0.2, -0.15) is 5.10 Å². The molecule has 4 rings (SSSR count). The molecule has 31 heavy (non-hydrogen) atoms. The molecule has 0 aliphatic heterocycles. The van der Waals surface area contributed by atoms with Crippen LogP contribution in [0.3, 0.4) is 0 Å². The van der Waals surface area contributed by atoms with Crippen molar-refractivity contribution in [1.29, 1.82) is 0 Å². The fraction of sp³-hybridized carbons (Fsp3) is 0.217. The van der Waals surface area contributed by atoms with Crippen LogP contribution in [-0.2, 0) is 16.4 Å². The van der Waals surface area contributed by atoms with Gasteiger partial charge in [0.05, 0.1) is 21.7 Å². The summed E-state index contributed by atoms with van der Waals surface area (Å²) in [6, 6.07) is 15.5. The fourth-order valence-electron chi connectivity index (χ4n) is 3.53. The lowest BCUT2D eigenvalue weighted by Crippen LogP contribution is -2.30. The maximum Gasteiger partial charge on any atom is 0.266 e. The molecule has 8 heteroatoms. The molecule has 0 aliphatic carbocycles. The van der Waals surface area contributed by atoms with Crippen LogP contribution in [-0.4, -0.2) is 19.2 Å². The van der Waals surface area contributed by atoms with Crippen molar-refractivity contribution in [3.63, 3.8) is 0 Å². The molecule has 0 radical (unpaired) electrons. The Morgan fingerprint density at radius 3 is 2.61 bits per heavy atom. The SMILES string of the molecule is Cc1cc(NS(=O)c2ccc(C(C)(C)C)c(F)c2)n(-c2cccc3c2ccc[n+]3O)n1. The van der Waals surface area contributed by atoms with E-state index in [0.29, 0.717) is 27.5 Å². The third kappa shape index (κ3) is 4.03. The highest BCUT2D eigenvalue weighted by Crippen LogP contribution is 2.28. The Bertz CT molecular complexity index is 1310. The van der Waals surface area contributed by atoms with Crippen LogP contribution in [0.4, 0.5) is 10.2 Å². The van der Waals surface area contributed by atoms with E-state index in [1.807, 2.05) is 45.9 Å². The van der Waals surface area contributed by atoms with Gasteiger partial charge < -0.3 is 0 Å². The maximum absolute atomic E-state index is 14.6. The Morgan fingerprint density at radius 1 is 1.13 bits per heavy atom. The van der Waals surface area contributed by atoms with Crippen LogP contribution in [0.25, 0.3) is 16.6 Å². The second kappa shape index (κ2) is 7.77. The summed E-state index contributed by atoms with van der Waals surface area (Å²) >= 11 is 0. The van der Waals surface area contributed by atoms with Crippen molar-refractivity contribution >= 4 is 27.7 Å². The first-order valence-corrected chi connectivity index (χ1v) is 11.0. The minimum Gasteiger partial charge on any atom is -0.285 e. The van der Waals surface area contributed by atoms with E-state index in [9.17, 15) is 13.8 Å². The summed E-state index contributed by atoms with van der Waals surface area (Å²) in [5, 5.41) is 15.4. The lowest BCUT2D eigenvalue weighted by Gasteiger charge is -2.20. The van der Waals surface area contributed by atoms with Crippen LogP contribution < -0.4 is 9.45 Å². The van der Waals surface area contributed by atoms with Gasteiger partial charge >= 0.3 is 0 Å². The summed E-state index contributed by atoms with van der Waals surface area (Å²) in [6.45, 7) is 7.63. The van der Waals surface area contributed by atoms with Crippen molar-refractivity contribution in [2.75, 3.05) is 4.72 Å². The molecule has 0 saturated carbocycles. The quantitative estimate of drug-likeness (QED) is 0.365. The number of rotatable bonds is 4. The van der Waals surface area contributed by atoms with E-state index >= 15 is 0 Å². The molecule has 6 nitrogen and oxygen atoms in total. The number of nitrogens with zero attached hydrogens (tertiary/aromatic N) is 3. The summed E-state index contributed by atoms with van der Waals surface area (Å²) in [5.74, 6) is 0.114. The highest BCUT2D eigenvalue weighted by Gasteiger charge is 2.21. The monoisotopic (exact) mass is 439 g/mol. The predicted octanol–water partition coefficient (Wildman–Crippen LogP) is 4.43. The lowest BCUT2D eigenvalue weighted by atomic mass is 9.87. The number of hydrogen-bond donors (Lipinski definition) is 2. The molecule has 2 aromatic carbocycles. The van der Waals surface area contributed by atoms with Crippen LogP contribution in [0.5, 0.6) is 0 Å². The van der Waals surface area contributed by atoms with E-state index in [1.165, 1.54) is 6.07 Å². The highest BCUT2D eigenvalue weighted by molar-refractivity contribution is 7.86. The minimum absolute atomic E-state index is 0.335. The minimum atomic E-state index is -1.69. The van der Waals surface area contributed by atoms with E-state index in [2.05, 4.69) is 9.82 Å². The van der Waals surface area contributed by atoms with Gasteiger partial charge in [-0.05, 0) is 42.2 Å². The standard InChI is InChI=1S/C23H24FN4O2S/c1-15-13-22(26-31(30)16-10-11-18(19(24)14-16)23(2,3)4)28(25-15)21-9-5-8-20-17(21)7-6-12-27(20)29/h5-14,26,29H,1-4H3/q+1. The largest absolute Gasteiger partial charge is 0.285 e. The van der Waals surface area contributed by atoms with Gasteiger partial charge in [0.2, 0.25) is 6.20 Å². The Kier molecular flexibility index (Phi) is 5.26. The molecule has 2 N–H and O–H groups in total. The Morgan fingerprint density at radius 2 is 1.90 bits per heavy atom. The van der Waals surface area contributed by atoms with E-state index in [1.54, 1.807) is 41.2 Å². The van der Waals surface area contributed by atoms with Gasteiger partial charge in [-0.1, -0.05) is 32.9 Å². The number of nitrogens with one attached hydrogen (secondary N) is 1. The zero-order chi connectivity index (χ0) is 22.3. The highest BCUT2D eigenvalue weighted by atomic mass is 32.2. The second-order valence-corrected chi connectivity index (χ2v) is 9.62.